The molecule has 1 saturated heterocycles. The van der Waals surface area contributed by atoms with E-state index in [0.717, 1.165) is 38.4 Å². The van der Waals surface area contributed by atoms with Crippen LogP contribution < -0.4 is 10.6 Å². The first kappa shape index (κ1) is 13.4. The Morgan fingerprint density at radius 3 is 2.72 bits per heavy atom. The van der Waals surface area contributed by atoms with Crippen LogP contribution in [0.5, 0.6) is 0 Å². The zero-order valence-corrected chi connectivity index (χ0v) is 10.7. The molecular weight excluding hydrogens is 234 g/mol. The molecule has 0 saturated carbocycles. The monoisotopic (exact) mass is 254 g/mol. The number of benzene rings is 1. The molecule has 0 aromatic heterocycles. The first-order valence-corrected chi connectivity index (χ1v) is 6.53. The van der Waals surface area contributed by atoms with Crippen LogP contribution in [-0.2, 0) is 0 Å². The number of hydrogen-bond donors (Lipinski definition) is 2. The normalized spacial score (nSPS) is 18.8. The lowest BCUT2D eigenvalue weighted by Crippen LogP contribution is -2.30. The lowest BCUT2D eigenvalue weighted by Gasteiger charge is -2.27. The molecule has 1 aliphatic rings. The van der Waals surface area contributed by atoms with E-state index in [4.69, 9.17) is 0 Å². The highest BCUT2D eigenvalue weighted by Gasteiger charge is 2.21. The van der Waals surface area contributed by atoms with Gasteiger partial charge in [-0.1, -0.05) is 0 Å². The molecule has 0 spiro atoms. The molecule has 100 valence electrons. The zero-order chi connectivity index (χ0) is 13.0. The molecule has 2 nitrogen and oxygen atoms in total. The van der Waals surface area contributed by atoms with E-state index >= 15 is 0 Å². The SMILES string of the molecule is CNC(CC1CCNCC1)c1cc(F)ccc1F. The fourth-order valence-electron chi connectivity index (χ4n) is 2.63. The summed E-state index contributed by atoms with van der Waals surface area (Å²) in [5.41, 5.74) is 0.441. The van der Waals surface area contributed by atoms with Crippen LogP contribution in [-0.4, -0.2) is 20.1 Å². The molecule has 1 aromatic rings. The van der Waals surface area contributed by atoms with Gasteiger partial charge in [0.15, 0.2) is 0 Å². The molecule has 0 amide bonds. The zero-order valence-electron chi connectivity index (χ0n) is 10.7. The summed E-state index contributed by atoms with van der Waals surface area (Å²) in [7, 11) is 1.80. The summed E-state index contributed by atoms with van der Waals surface area (Å²) in [5, 5.41) is 6.42. The molecule has 1 fully saturated rings. The van der Waals surface area contributed by atoms with Crippen molar-refractivity contribution in [2.75, 3.05) is 20.1 Å². The second-order valence-corrected chi connectivity index (χ2v) is 4.94. The van der Waals surface area contributed by atoms with E-state index < -0.39 is 0 Å². The molecule has 0 bridgehead atoms. The van der Waals surface area contributed by atoms with E-state index in [0.29, 0.717) is 11.5 Å². The van der Waals surface area contributed by atoms with Gasteiger partial charge < -0.3 is 10.6 Å². The summed E-state index contributed by atoms with van der Waals surface area (Å²) in [6.45, 7) is 2.04. The van der Waals surface area contributed by atoms with E-state index in [1.165, 1.54) is 12.1 Å². The Balaban J connectivity index is 2.09. The van der Waals surface area contributed by atoms with Gasteiger partial charge in [0.1, 0.15) is 11.6 Å². The number of rotatable bonds is 4. The minimum Gasteiger partial charge on any atom is -0.317 e. The van der Waals surface area contributed by atoms with Crippen LogP contribution in [0.2, 0.25) is 0 Å². The molecule has 0 radical (unpaired) electrons. The Morgan fingerprint density at radius 2 is 2.06 bits per heavy atom. The predicted molar refractivity (Wildman–Crippen MR) is 68.4 cm³/mol. The highest BCUT2D eigenvalue weighted by molar-refractivity contribution is 5.22. The summed E-state index contributed by atoms with van der Waals surface area (Å²) < 4.78 is 27.0. The summed E-state index contributed by atoms with van der Waals surface area (Å²) in [5.74, 6) is -0.131. The van der Waals surface area contributed by atoms with E-state index in [-0.39, 0.29) is 17.7 Å². The maximum atomic E-state index is 13.7. The Kier molecular flexibility index (Phi) is 4.66. The second kappa shape index (κ2) is 6.25. The van der Waals surface area contributed by atoms with Crippen LogP contribution in [0.1, 0.15) is 30.9 Å². The van der Waals surface area contributed by atoms with Gasteiger partial charge in [0, 0.05) is 11.6 Å². The molecule has 2 rings (SSSR count). The van der Waals surface area contributed by atoms with E-state index in [9.17, 15) is 8.78 Å². The number of halogens is 2. The van der Waals surface area contributed by atoms with Crippen LogP contribution >= 0.6 is 0 Å². The molecule has 1 atom stereocenters. The molecule has 2 N–H and O–H groups in total. The van der Waals surface area contributed by atoms with Crippen molar-refractivity contribution in [3.63, 3.8) is 0 Å². The number of nitrogens with one attached hydrogen (secondary N) is 2. The molecule has 1 aromatic carbocycles. The largest absolute Gasteiger partial charge is 0.317 e. The maximum Gasteiger partial charge on any atom is 0.128 e. The molecule has 1 heterocycles. The number of hydrogen-bond acceptors (Lipinski definition) is 2. The van der Waals surface area contributed by atoms with Crippen molar-refractivity contribution in [3.8, 4) is 0 Å². The third-order valence-electron chi connectivity index (χ3n) is 3.71. The van der Waals surface area contributed by atoms with E-state index in [2.05, 4.69) is 10.6 Å². The van der Waals surface area contributed by atoms with Crippen molar-refractivity contribution in [2.24, 2.45) is 5.92 Å². The Labute approximate surface area is 107 Å². The maximum absolute atomic E-state index is 13.7. The van der Waals surface area contributed by atoms with Crippen molar-refractivity contribution < 1.29 is 8.78 Å². The third-order valence-corrected chi connectivity index (χ3v) is 3.71. The van der Waals surface area contributed by atoms with Crippen LogP contribution in [0.15, 0.2) is 18.2 Å². The smallest absolute Gasteiger partial charge is 0.128 e. The van der Waals surface area contributed by atoms with E-state index in [1.807, 2.05) is 0 Å². The minimum absolute atomic E-state index is 0.108. The van der Waals surface area contributed by atoms with Gasteiger partial charge in [-0.25, -0.2) is 8.78 Å². The van der Waals surface area contributed by atoms with Crippen LogP contribution in [0.4, 0.5) is 8.78 Å². The number of piperidine rings is 1. The highest BCUT2D eigenvalue weighted by Crippen LogP contribution is 2.28. The van der Waals surface area contributed by atoms with Crippen molar-refractivity contribution in [1.82, 2.24) is 10.6 Å². The summed E-state index contributed by atoms with van der Waals surface area (Å²) in [6, 6.07) is 3.56. The van der Waals surface area contributed by atoms with Gasteiger partial charge in [-0.2, -0.15) is 0 Å². The van der Waals surface area contributed by atoms with Gasteiger partial charge in [-0.3, -0.25) is 0 Å². The fraction of sp³-hybridized carbons (Fsp3) is 0.571. The standard InChI is InChI=1S/C14H20F2N2/c1-17-14(8-10-4-6-18-7-5-10)12-9-11(15)2-3-13(12)16/h2-3,9-10,14,17-18H,4-8H2,1H3. The van der Waals surface area contributed by atoms with Gasteiger partial charge in [0.05, 0.1) is 0 Å². The molecule has 4 heteroatoms. The highest BCUT2D eigenvalue weighted by atomic mass is 19.1. The van der Waals surface area contributed by atoms with Crippen molar-refractivity contribution in [2.45, 2.75) is 25.3 Å². The van der Waals surface area contributed by atoms with Gasteiger partial charge >= 0.3 is 0 Å². The molecule has 1 unspecified atom stereocenters. The van der Waals surface area contributed by atoms with Gasteiger partial charge in [0.2, 0.25) is 0 Å². The van der Waals surface area contributed by atoms with Gasteiger partial charge in [-0.15, -0.1) is 0 Å². The van der Waals surface area contributed by atoms with Crippen LogP contribution in [0.25, 0.3) is 0 Å². The lowest BCUT2D eigenvalue weighted by molar-refractivity contribution is 0.314. The molecule has 0 aliphatic carbocycles. The van der Waals surface area contributed by atoms with Gasteiger partial charge in [0.25, 0.3) is 0 Å². The Hall–Kier alpha value is -1.00. The quantitative estimate of drug-likeness (QED) is 0.863. The summed E-state index contributed by atoms with van der Waals surface area (Å²) >= 11 is 0. The average Bonchev–Trinajstić information content (AvgIpc) is 2.40. The first-order chi connectivity index (χ1) is 8.70. The molecule has 18 heavy (non-hydrogen) atoms. The topological polar surface area (TPSA) is 24.1 Å². The van der Waals surface area contributed by atoms with Crippen LogP contribution in [0.3, 0.4) is 0 Å². The Bertz CT molecular complexity index is 389. The summed E-state index contributed by atoms with van der Waals surface area (Å²) in [4.78, 5) is 0. The van der Waals surface area contributed by atoms with Crippen molar-refractivity contribution in [3.05, 3.63) is 35.4 Å². The molecular formula is C14H20F2N2. The second-order valence-electron chi connectivity index (χ2n) is 4.94. The fourth-order valence-corrected chi connectivity index (χ4v) is 2.63. The van der Waals surface area contributed by atoms with Crippen molar-refractivity contribution in [1.29, 1.82) is 0 Å². The van der Waals surface area contributed by atoms with E-state index in [1.54, 1.807) is 7.05 Å². The first-order valence-electron chi connectivity index (χ1n) is 6.53. The average molecular weight is 254 g/mol. The minimum atomic E-state index is -0.378. The Morgan fingerprint density at radius 1 is 1.33 bits per heavy atom. The van der Waals surface area contributed by atoms with Crippen molar-refractivity contribution >= 4 is 0 Å². The van der Waals surface area contributed by atoms with Gasteiger partial charge in [-0.05, 0) is 63.5 Å². The predicted octanol–water partition coefficient (Wildman–Crippen LogP) is 2.62. The van der Waals surface area contributed by atoms with Crippen LogP contribution in [0, 0.1) is 17.6 Å². The third kappa shape index (κ3) is 3.27. The molecule has 1 aliphatic heterocycles. The lowest BCUT2D eigenvalue weighted by atomic mass is 9.88. The summed E-state index contributed by atoms with van der Waals surface area (Å²) in [6.07, 6.45) is 3.07.